The third kappa shape index (κ3) is 10.8. The number of rotatable bonds is 11. The molecule has 0 spiro atoms. The Morgan fingerprint density at radius 2 is 0.472 bits per heavy atom. The van der Waals surface area contributed by atoms with Gasteiger partial charge in [-0.25, -0.2) is 29.9 Å². The Balaban J connectivity index is 0.000000141. The lowest BCUT2D eigenvalue weighted by Gasteiger charge is -2.12. The van der Waals surface area contributed by atoms with Gasteiger partial charge in [-0.3, -0.25) is 0 Å². The van der Waals surface area contributed by atoms with Gasteiger partial charge in [-0.05, 0) is 83.4 Å². The highest BCUT2D eigenvalue weighted by atomic mass is 16.3. The molecule has 6 aromatic heterocycles. The third-order valence-corrected chi connectivity index (χ3v) is 20.1. The summed E-state index contributed by atoms with van der Waals surface area (Å²) in [5.41, 5.74) is 22.3. The van der Waals surface area contributed by atoms with Crippen molar-refractivity contribution in [3.63, 3.8) is 0 Å². The second-order valence-electron chi connectivity index (χ2n) is 26.5. The van der Waals surface area contributed by atoms with E-state index < -0.39 is 0 Å². The summed E-state index contributed by atoms with van der Waals surface area (Å²) in [6, 6.07) is 126. The monoisotopic (exact) mass is 1360 g/mol. The second-order valence-corrected chi connectivity index (χ2v) is 26.5. The van der Waals surface area contributed by atoms with Crippen LogP contribution in [0.1, 0.15) is 0 Å². The van der Waals surface area contributed by atoms with Gasteiger partial charge in [0.2, 0.25) is 0 Å². The van der Waals surface area contributed by atoms with Gasteiger partial charge < -0.3 is 18.0 Å². The number of benzene rings is 15. The van der Waals surface area contributed by atoms with Gasteiger partial charge in [0, 0.05) is 105 Å². The number of para-hydroxylation sites is 6. The Kier molecular flexibility index (Phi) is 15.0. The standard InChI is InChI=1S/C51H32N4O.C45H28N4O/c1-4-15-33(16-5-1)39-24-13-26-42-43-27-14-25-40(48(43)56-47(39)42)36-29-30-46-44(32-36)41-23-10-11-28-45(41)55(46)38-22-12-21-37(31-38)51-53-49(34-17-6-2-7-18-34)52-50(54-51)35-19-8-3-9-20-35;1-3-13-29(14-4-1)43-46-44(30-15-5-2-6-16-30)48-45(47-43)32-17-11-18-33(27-32)49-39-23-9-7-19-35(39)38-28-31(25-26-40(38)49)34-21-12-22-37-36-20-8-10-24-41(36)50-42(34)37/h1-32H;1-28H. The van der Waals surface area contributed by atoms with Crippen LogP contribution in [0.15, 0.2) is 373 Å². The molecule has 15 aromatic carbocycles. The van der Waals surface area contributed by atoms with Crippen LogP contribution in [0.3, 0.4) is 0 Å². The molecule has 0 saturated heterocycles. The predicted molar refractivity (Wildman–Crippen MR) is 432 cm³/mol. The number of hydrogen-bond acceptors (Lipinski definition) is 8. The van der Waals surface area contributed by atoms with Gasteiger partial charge in [-0.1, -0.05) is 297 Å². The molecule has 0 aliphatic carbocycles. The van der Waals surface area contributed by atoms with Crippen LogP contribution in [-0.4, -0.2) is 39.0 Å². The maximum atomic E-state index is 6.80. The molecule has 0 bridgehead atoms. The van der Waals surface area contributed by atoms with Crippen molar-refractivity contribution in [2.45, 2.75) is 0 Å². The van der Waals surface area contributed by atoms with Crippen molar-refractivity contribution in [3.05, 3.63) is 364 Å². The lowest BCUT2D eigenvalue weighted by molar-refractivity contribution is 0.670. The van der Waals surface area contributed by atoms with Gasteiger partial charge >= 0.3 is 0 Å². The summed E-state index contributed by atoms with van der Waals surface area (Å²) in [5.74, 6) is 3.81. The molecule has 10 nitrogen and oxygen atoms in total. The first-order valence-electron chi connectivity index (χ1n) is 35.5. The van der Waals surface area contributed by atoms with Crippen molar-refractivity contribution >= 4 is 87.5 Å². The molecule has 0 unspecified atom stereocenters. The molecule has 10 heteroatoms. The van der Waals surface area contributed by atoms with Crippen LogP contribution in [0.25, 0.3) is 201 Å². The zero-order chi connectivity index (χ0) is 70.0. The van der Waals surface area contributed by atoms with Gasteiger partial charge in [0.05, 0.1) is 22.1 Å². The van der Waals surface area contributed by atoms with Crippen molar-refractivity contribution in [2.24, 2.45) is 0 Å². The lowest BCUT2D eigenvalue weighted by Crippen LogP contribution is -2.01. The average molecular weight is 1360 g/mol. The van der Waals surface area contributed by atoms with Crippen molar-refractivity contribution in [2.75, 3.05) is 0 Å². The minimum Gasteiger partial charge on any atom is -0.455 e. The fourth-order valence-corrected chi connectivity index (χ4v) is 15.1. The van der Waals surface area contributed by atoms with Crippen molar-refractivity contribution < 1.29 is 8.83 Å². The number of fused-ring (bicyclic) bond motifs is 12. The second kappa shape index (κ2) is 25.8. The molecule has 21 aromatic rings. The fourth-order valence-electron chi connectivity index (χ4n) is 15.1. The number of aromatic nitrogens is 8. The molecule has 0 fully saturated rings. The summed E-state index contributed by atoms with van der Waals surface area (Å²) in [6.07, 6.45) is 0. The van der Waals surface area contributed by atoms with E-state index in [1.165, 1.54) is 21.5 Å². The highest BCUT2D eigenvalue weighted by Gasteiger charge is 2.23. The number of nitrogens with zero attached hydrogens (tertiary/aromatic N) is 8. The van der Waals surface area contributed by atoms with E-state index in [0.717, 1.165) is 144 Å². The Morgan fingerprint density at radius 1 is 0.179 bits per heavy atom. The Bertz CT molecular complexity index is 6830. The minimum atomic E-state index is 0.622. The first-order valence-corrected chi connectivity index (χ1v) is 35.5. The van der Waals surface area contributed by atoms with Gasteiger partial charge in [0.15, 0.2) is 34.9 Å². The maximum Gasteiger partial charge on any atom is 0.164 e. The summed E-state index contributed by atoms with van der Waals surface area (Å²) in [4.78, 5) is 29.8. The van der Waals surface area contributed by atoms with Crippen LogP contribution in [0, 0.1) is 0 Å². The highest BCUT2D eigenvalue weighted by molar-refractivity contribution is 6.16. The van der Waals surface area contributed by atoms with Crippen molar-refractivity contribution in [1.82, 2.24) is 39.0 Å². The fraction of sp³-hybridized carbons (Fsp3) is 0. The van der Waals surface area contributed by atoms with Crippen molar-refractivity contribution in [3.8, 4) is 113 Å². The maximum absolute atomic E-state index is 6.80. The Morgan fingerprint density at radius 3 is 0.887 bits per heavy atom. The molecule has 0 atom stereocenters. The lowest BCUT2D eigenvalue weighted by atomic mass is 9.99. The molecule has 0 N–H and O–H groups in total. The van der Waals surface area contributed by atoms with Crippen LogP contribution in [0.4, 0.5) is 0 Å². The van der Waals surface area contributed by atoms with Gasteiger partial charge in [-0.15, -0.1) is 0 Å². The van der Waals surface area contributed by atoms with Gasteiger partial charge in [-0.2, -0.15) is 0 Å². The SMILES string of the molecule is c1ccc(-c2nc(-c3ccccc3)nc(-c3cccc(-n4c5ccccc5c5cc(-c6cccc7c6oc6c(-c8ccccc8)cccc67)ccc54)c3)n2)cc1.c1ccc(-c2nc(-c3ccccc3)nc(-c3cccc(-n4c5ccccc5c5cc(-c6cccc7c6oc6ccccc67)ccc54)c3)n2)cc1. The molecule has 6 heterocycles. The molecule has 0 radical (unpaired) electrons. The molecule has 0 aliphatic heterocycles. The molecule has 0 saturated carbocycles. The first kappa shape index (κ1) is 61.4. The summed E-state index contributed by atoms with van der Waals surface area (Å²) < 4.78 is 17.9. The minimum absolute atomic E-state index is 0.622. The molecule has 106 heavy (non-hydrogen) atoms. The summed E-state index contributed by atoms with van der Waals surface area (Å²) in [5, 5.41) is 9.19. The van der Waals surface area contributed by atoms with E-state index in [-0.39, 0.29) is 0 Å². The predicted octanol–water partition coefficient (Wildman–Crippen LogP) is 24.7. The highest BCUT2D eigenvalue weighted by Crippen LogP contribution is 2.44. The topological polar surface area (TPSA) is 113 Å². The third-order valence-electron chi connectivity index (χ3n) is 20.1. The van der Waals surface area contributed by atoms with E-state index in [9.17, 15) is 0 Å². The Hall–Kier alpha value is -14.5. The van der Waals surface area contributed by atoms with Gasteiger partial charge in [0.1, 0.15) is 22.3 Å². The molecule has 496 valence electrons. The van der Waals surface area contributed by atoms with Crippen LogP contribution in [0.5, 0.6) is 0 Å². The van der Waals surface area contributed by atoms with E-state index >= 15 is 0 Å². The van der Waals surface area contributed by atoms with Crippen molar-refractivity contribution in [1.29, 1.82) is 0 Å². The zero-order valence-corrected chi connectivity index (χ0v) is 57.0. The smallest absolute Gasteiger partial charge is 0.164 e. The molecule has 0 amide bonds. The quantitative estimate of drug-likeness (QED) is 0.126. The molecule has 0 aliphatic rings. The van der Waals surface area contributed by atoms with Crippen LogP contribution in [0.2, 0.25) is 0 Å². The Labute approximate surface area is 608 Å². The van der Waals surface area contributed by atoms with Gasteiger partial charge in [0.25, 0.3) is 0 Å². The van der Waals surface area contributed by atoms with E-state index in [1.807, 2.05) is 140 Å². The average Bonchev–Trinajstić information content (AvgIpc) is 1.59. The first-order chi connectivity index (χ1) is 52.5. The zero-order valence-electron chi connectivity index (χ0n) is 57.0. The van der Waals surface area contributed by atoms with E-state index in [1.54, 1.807) is 0 Å². The normalized spacial score (nSPS) is 11.6. The van der Waals surface area contributed by atoms with E-state index in [4.69, 9.17) is 38.7 Å². The van der Waals surface area contributed by atoms with Crippen LogP contribution >= 0.6 is 0 Å². The summed E-state index contributed by atoms with van der Waals surface area (Å²) in [7, 11) is 0. The van der Waals surface area contributed by atoms with E-state index in [2.05, 4.69) is 234 Å². The molecular weight excluding hydrogens is 1300 g/mol. The summed E-state index contributed by atoms with van der Waals surface area (Å²) in [6.45, 7) is 0. The van der Waals surface area contributed by atoms with Crippen LogP contribution < -0.4 is 0 Å². The van der Waals surface area contributed by atoms with E-state index in [0.29, 0.717) is 34.9 Å². The van der Waals surface area contributed by atoms with Crippen LogP contribution in [-0.2, 0) is 0 Å². The number of furan rings is 2. The largest absolute Gasteiger partial charge is 0.455 e. The molecular formula is C96H60N8O2. The summed E-state index contributed by atoms with van der Waals surface area (Å²) >= 11 is 0. The number of hydrogen-bond donors (Lipinski definition) is 0. The molecule has 21 rings (SSSR count).